The maximum atomic E-state index is 13.2. The normalized spacial score (nSPS) is 12.9. The summed E-state index contributed by atoms with van der Waals surface area (Å²) in [6, 6.07) is -0.0795. The van der Waals surface area contributed by atoms with Crippen molar-refractivity contribution < 1.29 is 39.5 Å². The van der Waals surface area contributed by atoms with Gasteiger partial charge in [-0.25, -0.2) is 4.98 Å². The van der Waals surface area contributed by atoms with Crippen molar-refractivity contribution in [3.05, 3.63) is 49.4 Å². The van der Waals surface area contributed by atoms with Crippen molar-refractivity contribution in [1.82, 2.24) is 9.55 Å². The topological polar surface area (TPSA) is 46.9 Å². The van der Waals surface area contributed by atoms with E-state index in [1.54, 1.807) is 6.92 Å². The standard InChI is InChI=1S/C17H12Cl2F9N3O/c1-2-3-4-31-13(32)11(19)12(17(26,27)28)30-14(31)29-9-6-7(15(20,21)22)5-8(10(9)18)16(23,24)25/h5-6H,2-4H2,1H3,(H,29,30). The lowest BCUT2D eigenvalue weighted by Gasteiger charge is -2.20. The van der Waals surface area contributed by atoms with Crippen LogP contribution in [-0.4, -0.2) is 9.55 Å². The third-order valence-corrected chi connectivity index (χ3v) is 4.82. The number of hydrogen-bond donors (Lipinski definition) is 1. The van der Waals surface area contributed by atoms with E-state index in [1.165, 1.54) is 0 Å². The highest BCUT2D eigenvalue weighted by Gasteiger charge is 2.40. The third kappa shape index (κ3) is 5.61. The van der Waals surface area contributed by atoms with Crippen molar-refractivity contribution in [3.8, 4) is 0 Å². The molecule has 0 atom stereocenters. The molecule has 0 bridgehead atoms. The van der Waals surface area contributed by atoms with E-state index in [0.29, 0.717) is 11.0 Å². The molecule has 0 aliphatic carbocycles. The van der Waals surface area contributed by atoms with Crippen LogP contribution >= 0.6 is 23.2 Å². The number of aromatic nitrogens is 2. The molecule has 0 saturated carbocycles. The van der Waals surface area contributed by atoms with E-state index < -0.39 is 62.6 Å². The van der Waals surface area contributed by atoms with Crippen LogP contribution in [0.15, 0.2) is 16.9 Å². The summed E-state index contributed by atoms with van der Waals surface area (Å²) in [5.41, 5.74) is -7.96. The molecule has 0 aliphatic heterocycles. The fraction of sp³-hybridized carbons (Fsp3) is 0.412. The first-order valence-electron chi connectivity index (χ1n) is 8.61. The molecule has 32 heavy (non-hydrogen) atoms. The first-order valence-corrected chi connectivity index (χ1v) is 9.36. The van der Waals surface area contributed by atoms with Crippen LogP contribution in [0.1, 0.15) is 36.6 Å². The quantitative estimate of drug-likeness (QED) is 0.430. The lowest BCUT2D eigenvalue weighted by Crippen LogP contribution is -2.28. The molecule has 2 aromatic rings. The molecule has 0 saturated heterocycles. The minimum absolute atomic E-state index is 0.162. The van der Waals surface area contributed by atoms with Gasteiger partial charge in [0.25, 0.3) is 5.56 Å². The van der Waals surface area contributed by atoms with E-state index in [-0.39, 0.29) is 25.1 Å². The Bertz CT molecular complexity index is 1060. The monoisotopic (exact) mass is 515 g/mol. The summed E-state index contributed by atoms with van der Waals surface area (Å²) in [6.07, 6.45) is -15.1. The molecule has 0 aliphatic rings. The van der Waals surface area contributed by atoms with Gasteiger partial charge in [-0.15, -0.1) is 0 Å². The smallest absolute Gasteiger partial charge is 0.324 e. The second-order valence-electron chi connectivity index (χ2n) is 6.41. The number of alkyl halides is 9. The predicted molar refractivity (Wildman–Crippen MR) is 98.2 cm³/mol. The first kappa shape index (κ1) is 26.1. The van der Waals surface area contributed by atoms with Gasteiger partial charge >= 0.3 is 18.5 Å². The van der Waals surface area contributed by atoms with Gasteiger partial charge in [0.1, 0.15) is 5.02 Å². The molecule has 0 spiro atoms. The molecule has 1 aromatic carbocycles. The molecule has 15 heteroatoms. The van der Waals surface area contributed by atoms with Crippen molar-refractivity contribution >= 4 is 34.8 Å². The van der Waals surface area contributed by atoms with Gasteiger partial charge in [0.15, 0.2) is 5.69 Å². The molecule has 1 heterocycles. The molecule has 0 amide bonds. The zero-order valence-corrected chi connectivity index (χ0v) is 17.2. The average Bonchev–Trinajstić information content (AvgIpc) is 2.62. The van der Waals surface area contributed by atoms with Crippen LogP contribution in [-0.2, 0) is 25.1 Å². The summed E-state index contributed by atoms with van der Waals surface area (Å²) in [5, 5.41) is -0.643. The molecule has 0 fully saturated rings. The van der Waals surface area contributed by atoms with E-state index >= 15 is 0 Å². The van der Waals surface area contributed by atoms with Gasteiger partial charge < -0.3 is 5.32 Å². The van der Waals surface area contributed by atoms with Crippen LogP contribution in [0.3, 0.4) is 0 Å². The zero-order valence-electron chi connectivity index (χ0n) is 15.7. The summed E-state index contributed by atoms with van der Waals surface area (Å²) in [6.45, 7) is 1.39. The summed E-state index contributed by atoms with van der Waals surface area (Å²) in [4.78, 5) is 15.5. The molecule has 0 radical (unpaired) electrons. The minimum Gasteiger partial charge on any atom is -0.324 e. The van der Waals surface area contributed by atoms with Gasteiger partial charge in [0.2, 0.25) is 5.95 Å². The highest BCUT2D eigenvalue weighted by molar-refractivity contribution is 6.34. The van der Waals surface area contributed by atoms with Crippen LogP contribution in [0.5, 0.6) is 0 Å². The van der Waals surface area contributed by atoms with E-state index in [2.05, 4.69) is 4.98 Å². The van der Waals surface area contributed by atoms with E-state index in [1.807, 2.05) is 5.32 Å². The van der Waals surface area contributed by atoms with Gasteiger partial charge in [0, 0.05) is 6.54 Å². The fourth-order valence-corrected chi connectivity index (χ4v) is 3.06. The van der Waals surface area contributed by atoms with E-state index in [4.69, 9.17) is 23.2 Å². The molecular formula is C17H12Cl2F9N3O. The number of unbranched alkanes of at least 4 members (excludes halogenated alkanes) is 1. The maximum Gasteiger partial charge on any atom is 0.435 e. The SMILES string of the molecule is CCCCn1c(Nc2cc(C(F)(F)F)cc(C(F)(F)F)c2Cl)nc(C(F)(F)F)c(Cl)c1=O. The lowest BCUT2D eigenvalue weighted by molar-refractivity contribution is -0.143. The molecule has 0 unspecified atom stereocenters. The number of hydrogen-bond acceptors (Lipinski definition) is 3. The Morgan fingerprint density at radius 2 is 1.53 bits per heavy atom. The molecule has 1 aromatic heterocycles. The predicted octanol–water partition coefficient (Wildman–Crippen LogP) is 7.15. The van der Waals surface area contributed by atoms with Crippen molar-refractivity contribution in [3.63, 3.8) is 0 Å². The number of nitrogens with one attached hydrogen (secondary N) is 1. The number of nitrogens with zero attached hydrogens (tertiary/aromatic N) is 2. The highest BCUT2D eigenvalue weighted by atomic mass is 35.5. The van der Waals surface area contributed by atoms with Crippen molar-refractivity contribution in [2.24, 2.45) is 0 Å². The first-order chi connectivity index (χ1) is 14.5. The van der Waals surface area contributed by atoms with Gasteiger partial charge in [-0.2, -0.15) is 39.5 Å². The van der Waals surface area contributed by atoms with Crippen LogP contribution < -0.4 is 10.9 Å². The van der Waals surface area contributed by atoms with Gasteiger partial charge in [0.05, 0.1) is 21.8 Å². The summed E-state index contributed by atoms with van der Waals surface area (Å²) in [7, 11) is 0. The fourth-order valence-electron chi connectivity index (χ4n) is 2.54. The lowest BCUT2D eigenvalue weighted by atomic mass is 10.1. The Labute approximate surface area is 184 Å². The molecule has 4 nitrogen and oxygen atoms in total. The van der Waals surface area contributed by atoms with Crippen molar-refractivity contribution in [2.75, 3.05) is 5.32 Å². The van der Waals surface area contributed by atoms with Gasteiger partial charge in [-0.1, -0.05) is 36.5 Å². The van der Waals surface area contributed by atoms with E-state index in [0.717, 1.165) is 0 Å². The summed E-state index contributed by atoms with van der Waals surface area (Å²) >= 11 is 11.1. The molecule has 1 N–H and O–H groups in total. The number of rotatable bonds is 5. The maximum absolute atomic E-state index is 13.2. The third-order valence-electron chi connectivity index (χ3n) is 4.07. The van der Waals surface area contributed by atoms with Crippen LogP contribution in [0.25, 0.3) is 0 Å². The second-order valence-corrected chi connectivity index (χ2v) is 7.17. The Kier molecular flexibility index (Phi) is 7.35. The second kappa shape index (κ2) is 9.00. The minimum atomic E-state index is -5.32. The number of anilines is 2. The van der Waals surface area contributed by atoms with Gasteiger partial charge in [-0.05, 0) is 18.6 Å². The van der Waals surface area contributed by atoms with Gasteiger partial charge in [-0.3, -0.25) is 9.36 Å². The zero-order chi connectivity index (χ0) is 24.6. The number of benzene rings is 1. The Balaban J connectivity index is 2.80. The van der Waals surface area contributed by atoms with Crippen molar-refractivity contribution in [1.29, 1.82) is 0 Å². The van der Waals surface area contributed by atoms with Crippen LogP contribution in [0.2, 0.25) is 10.0 Å². The summed E-state index contributed by atoms with van der Waals surface area (Å²) in [5.74, 6) is -0.977. The number of halogens is 11. The molecular weight excluding hydrogens is 504 g/mol. The Morgan fingerprint density at radius 3 is 2.00 bits per heavy atom. The Hall–Kier alpha value is -2.15. The molecule has 2 rings (SSSR count). The van der Waals surface area contributed by atoms with Crippen LogP contribution in [0.4, 0.5) is 51.1 Å². The van der Waals surface area contributed by atoms with Crippen LogP contribution in [0, 0.1) is 0 Å². The largest absolute Gasteiger partial charge is 0.435 e. The van der Waals surface area contributed by atoms with E-state index in [9.17, 15) is 44.3 Å². The van der Waals surface area contributed by atoms with Crippen molar-refractivity contribution in [2.45, 2.75) is 44.8 Å². The summed E-state index contributed by atoms with van der Waals surface area (Å²) < 4.78 is 119. The molecule has 178 valence electrons. The highest BCUT2D eigenvalue weighted by Crippen LogP contribution is 2.43. The average molecular weight is 516 g/mol. The Morgan fingerprint density at radius 1 is 0.938 bits per heavy atom.